The Balaban J connectivity index is 1.95. The molecule has 6 heteroatoms. The molecule has 0 atom stereocenters. The molecule has 24 heavy (non-hydrogen) atoms. The first-order valence-electron chi connectivity index (χ1n) is 8.47. The highest BCUT2D eigenvalue weighted by molar-refractivity contribution is 7.86. The van der Waals surface area contributed by atoms with E-state index in [1.54, 1.807) is 24.3 Å². The minimum absolute atomic E-state index is 0.132. The summed E-state index contributed by atoms with van der Waals surface area (Å²) in [6.07, 6.45) is 1.93. The van der Waals surface area contributed by atoms with E-state index in [1.807, 2.05) is 6.92 Å². The van der Waals surface area contributed by atoms with E-state index in [4.69, 9.17) is 8.61 Å². The summed E-state index contributed by atoms with van der Waals surface area (Å²) in [6, 6.07) is 6.75. The Bertz CT molecular complexity index is 668. The molecule has 0 heterocycles. The lowest BCUT2D eigenvalue weighted by Crippen LogP contribution is -2.42. The van der Waals surface area contributed by atoms with E-state index in [2.05, 4.69) is 33.9 Å². The molecule has 2 rings (SSSR count). The molecule has 0 amide bonds. The van der Waals surface area contributed by atoms with Crippen LogP contribution in [0.4, 0.5) is 0 Å². The Morgan fingerprint density at radius 2 is 1.62 bits per heavy atom. The molecule has 0 radical (unpaired) electrons. The van der Waals surface area contributed by atoms with Gasteiger partial charge in [0, 0.05) is 12.0 Å². The summed E-state index contributed by atoms with van der Waals surface area (Å²) in [7, 11) is -5.52. The zero-order valence-corrected chi connectivity index (χ0v) is 17.5. The van der Waals surface area contributed by atoms with Gasteiger partial charge in [-0.25, -0.2) is 0 Å². The Labute approximate surface area is 147 Å². The molecule has 0 aromatic heterocycles. The Hall–Kier alpha value is -0.693. The zero-order valence-electron chi connectivity index (χ0n) is 15.7. The third kappa shape index (κ3) is 4.68. The van der Waals surface area contributed by atoms with Crippen LogP contribution in [0.5, 0.6) is 0 Å². The fourth-order valence-electron chi connectivity index (χ4n) is 2.03. The first-order valence-corrected chi connectivity index (χ1v) is 12.8. The highest BCUT2D eigenvalue weighted by Crippen LogP contribution is 2.48. The predicted molar refractivity (Wildman–Crippen MR) is 99.1 cm³/mol. The number of aryl methyl sites for hydroxylation is 1. The summed E-state index contributed by atoms with van der Waals surface area (Å²) >= 11 is 0. The lowest BCUT2D eigenvalue weighted by Gasteiger charge is -2.37. The quantitative estimate of drug-likeness (QED) is 0.524. The van der Waals surface area contributed by atoms with Crippen molar-refractivity contribution < 1.29 is 17.0 Å². The predicted octanol–water partition coefficient (Wildman–Crippen LogP) is 4.50. The maximum atomic E-state index is 12.3. The Morgan fingerprint density at radius 3 is 2.08 bits per heavy atom. The summed E-state index contributed by atoms with van der Waals surface area (Å²) in [5, 5.41) is 0.151. The minimum Gasteiger partial charge on any atom is -0.416 e. The van der Waals surface area contributed by atoms with Crippen LogP contribution in [-0.4, -0.2) is 29.9 Å². The lowest BCUT2D eigenvalue weighted by molar-refractivity contribution is 0.154. The van der Waals surface area contributed by atoms with Gasteiger partial charge >= 0.3 is 0 Å². The van der Waals surface area contributed by atoms with Crippen LogP contribution in [0.2, 0.25) is 18.1 Å². The fourth-order valence-corrected chi connectivity index (χ4v) is 4.14. The highest BCUT2D eigenvalue weighted by Gasteiger charge is 2.47. The molecule has 0 N–H and O–H groups in total. The fraction of sp³-hybridized carbons (Fsp3) is 0.667. The lowest BCUT2D eigenvalue weighted by atomic mass is 10.1. The number of hydrogen-bond acceptors (Lipinski definition) is 4. The molecule has 0 bridgehead atoms. The summed E-state index contributed by atoms with van der Waals surface area (Å²) in [4.78, 5) is 0.217. The SMILES string of the molecule is Cc1ccc(S(=O)(=O)OCC2(CO[Si](C)(C)C(C)(C)C)CC2)cc1. The largest absolute Gasteiger partial charge is 0.416 e. The molecule has 1 aromatic carbocycles. The molecule has 1 fully saturated rings. The van der Waals surface area contributed by atoms with Crippen molar-refractivity contribution in [2.75, 3.05) is 13.2 Å². The van der Waals surface area contributed by atoms with Crippen LogP contribution in [0.3, 0.4) is 0 Å². The first kappa shape index (κ1) is 19.6. The molecule has 0 unspecified atom stereocenters. The van der Waals surface area contributed by atoms with Gasteiger partial charge in [-0.15, -0.1) is 0 Å². The van der Waals surface area contributed by atoms with Crippen molar-refractivity contribution in [1.29, 1.82) is 0 Å². The Kier molecular flexibility index (Phi) is 5.36. The zero-order chi connectivity index (χ0) is 18.2. The van der Waals surface area contributed by atoms with Gasteiger partial charge in [0.25, 0.3) is 10.1 Å². The summed E-state index contributed by atoms with van der Waals surface area (Å²) in [6.45, 7) is 13.8. The smallest absolute Gasteiger partial charge is 0.296 e. The molecule has 1 saturated carbocycles. The van der Waals surface area contributed by atoms with Gasteiger partial charge in [-0.3, -0.25) is 4.18 Å². The maximum Gasteiger partial charge on any atom is 0.296 e. The van der Waals surface area contributed by atoms with Crippen molar-refractivity contribution in [2.24, 2.45) is 5.41 Å². The van der Waals surface area contributed by atoms with Crippen molar-refractivity contribution >= 4 is 18.4 Å². The topological polar surface area (TPSA) is 52.6 Å². The Morgan fingerprint density at radius 1 is 1.08 bits per heavy atom. The molecule has 1 aromatic rings. The van der Waals surface area contributed by atoms with E-state index in [-0.39, 0.29) is 22.0 Å². The average Bonchev–Trinajstić information content (AvgIpc) is 3.23. The minimum atomic E-state index is -3.70. The second-order valence-electron chi connectivity index (χ2n) is 8.58. The van der Waals surface area contributed by atoms with Crippen LogP contribution >= 0.6 is 0 Å². The van der Waals surface area contributed by atoms with E-state index < -0.39 is 18.4 Å². The van der Waals surface area contributed by atoms with E-state index in [9.17, 15) is 8.42 Å². The van der Waals surface area contributed by atoms with Crippen LogP contribution in [-0.2, 0) is 18.7 Å². The molecule has 1 aliphatic carbocycles. The monoisotopic (exact) mass is 370 g/mol. The summed E-state index contributed by atoms with van der Waals surface area (Å²) in [5.41, 5.74) is 0.892. The summed E-state index contributed by atoms with van der Waals surface area (Å²) in [5.74, 6) is 0. The van der Waals surface area contributed by atoms with E-state index in [0.717, 1.165) is 18.4 Å². The van der Waals surface area contributed by atoms with Gasteiger partial charge in [-0.2, -0.15) is 8.42 Å². The van der Waals surface area contributed by atoms with Gasteiger partial charge in [0.2, 0.25) is 0 Å². The van der Waals surface area contributed by atoms with Crippen LogP contribution in [0, 0.1) is 12.3 Å². The van der Waals surface area contributed by atoms with Gasteiger partial charge in [0.1, 0.15) is 0 Å². The van der Waals surface area contributed by atoms with Crippen molar-refractivity contribution in [2.45, 2.75) is 63.6 Å². The van der Waals surface area contributed by atoms with E-state index >= 15 is 0 Å². The standard InChI is InChI=1S/C18H30O4SSi/c1-15-7-9-16(10-8-15)23(19,20)21-13-18(11-12-18)14-22-24(5,6)17(2,3)4/h7-10H,11-14H2,1-6H3. The molecular formula is C18H30O4SSi. The molecular weight excluding hydrogens is 340 g/mol. The van der Waals surface area contributed by atoms with Gasteiger partial charge in [-0.1, -0.05) is 38.5 Å². The molecule has 136 valence electrons. The van der Waals surface area contributed by atoms with E-state index in [0.29, 0.717) is 6.61 Å². The third-order valence-electron chi connectivity index (χ3n) is 5.33. The highest BCUT2D eigenvalue weighted by atomic mass is 32.2. The summed E-state index contributed by atoms with van der Waals surface area (Å²) < 4.78 is 36.3. The second-order valence-corrected chi connectivity index (χ2v) is 15.0. The van der Waals surface area contributed by atoms with Gasteiger partial charge < -0.3 is 4.43 Å². The molecule has 0 spiro atoms. The van der Waals surface area contributed by atoms with Crippen molar-refractivity contribution in [1.82, 2.24) is 0 Å². The van der Waals surface area contributed by atoms with Crippen molar-refractivity contribution in [3.63, 3.8) is 0 Å². The van der Waals surface area contributed by atoms with Gasteiger partial charge in [0.15, 0.2) is 8.32 Å². The number of hydrogen-bond donors (Lipinski definition) is 0. The molecule has 0 aliphatic heterocycles. The van der Waals surface area contributed by atoms with E-state index in [1.165, 1.54) is 0 Å². The number of rotatable bonds is 7. The number of benzene rings is 1. The van der Waals surface area contributed by atoms with Crippen LogP contribution in [0.15, 0.2) is 29.2 Å². The van der Waals surface area contributed by atoms with Gasteiger partial charge in [-0.05, 0) is 50.0 Å². The van der Waals surface area contributed by atoms with Crippen LogP contribution in [0.25, 0.3) is 0 Å². The van der Waals surface area contributed by atoms with Crippen LogP contribution in [0.1, 0.15) is 39.2 Å². The van der Waals surface area contributed by atoms with Crippen molar-refractivity contribution in [3.8, 4) is 0 Å². The molecule has 0 saturated heterocycles. The maximum absolute atomic E-state index is 12.3. The second kappa shape index (κ2) is 6.55. The first-order chi connectivity index (χ1) is 10.9. The molecule has 4 nitrogen and oxygen atoms in total. The van der Waals surface area contributed by atoms with Gasteiger partial charge in [0.05, 0.1) is 11.5 Å². The van der Waals surface area contributed by atoms with Crippen LogP contribution < -0.4 is 0 Å². The normalized spacial score (nSPS) is 17.8. The molecule has 1 aliphatic rings. The average molecular weight is 371 g/mol. The third-order valence-corrected chi connectivity index (χ3v) is 11.1. The van der Waals surface area contributed by atoms with Crippen molar-refractivity contribution in [3.05, 3.63) is 29.8 Å².